The fraction of sp³-hybridized carbons (Fsp3) is 0.360. The molecule has 27 heavy (non-hydrogen) atoms. The zero-order valence-corrected chi connectivity index (χ0v) is 17.0. The lowest BCUT2D eigenvalue weighted by molar-refractivity contribution is -0.921. The second-order valence-corrected chi connectivity index (χ2v) is 8.06. The maximum Gasteiger partial charge on any atom is 0.0973 e. The van der Waals surface area contributed by atoms with Crippen LogP contribution in [0.3, 0.4) is 0 Å². The van der Waals surface area contributed by atoms with Crippen molar-refractivity contribution in [3.05, 3.63) is 91.5 Å². The van der Waals surface area contributed by atoms with Crippen LogP contribution in [0.15, 0.2) is 86.0 Å². The first-order chi connectivity index (χ1) is 13.0. The van der Waals surface area contributed by atoms with Crippen LogP contribution in [-0.4, -0.2) is 37.2 Å². The molecule has 0 spiro atoms. The number of hydrogen-bond donors (Lipinski definition) is 1. The van der Waals surface area contributed by atoms with Crippen LogP contribution < -0.4 is 5.32 Å². The van der Waals surface area contributed by atoms with Crippen molar-refractivity contribution in [3.8, 4) is 0 Å². The van der Waals surface area contributed by atoms with Gasteiger partial charge < -0.3 is 9.80 Å². The SMILES string of the molecule is C=CC[N+](CC=C)(CCCNc1ccccc1)CC(C)(C)c1ccccc1. The Labute approximate surface area is 165 Å². The van der Waals surface area contributed by atoms with Gasteiger partial charge in [-0.1, -0.05) is 75.5 Å². The van der Waals surface area contributed by atoms with Gasteiger partial charge in [0, 0.05) is 24.1 Å². The zero-order valence-electron chi connectivity index (χ0n) is 17.0. The third-order valence-corrected chi connectivity index (χ3v) is 5.23. The van der Waals surface area contributed by atoms with Crippen molar-refractivity contribution in [1.82, 2.24) is 0 Å². The molecule has 0 amide bonds. The first kappa shape index (κ1) is 21.0. The monoisotopic (exact) mass is 363 g/mol. The maximum absolute atomic E-state index is 4.04. The number of para-hydroxylation sites is 1. The summed E-state index contributed by atoms with van der Waals surface area (Å²) in [5.41, 5.74) is 2.68. The Balaban J connectivity index is 2.06. The van der Waals surface area contributed by atoms with Crippen molar-refractivity contribution in [3.63, 3.8) is 0 Å². The van der Waals surface area contributed by atoms with E-state index in [4.69, 9.17) is 0 Å². The van der Waals surface area contributed by atoms with E-state index in [1.54, 1.807) is 0 Å². The third kappa shape index (κ3) is 6.41. The Bertz CT molecular complexity index is 679. The molecule has 0 heterocycles. The normalized spacial score (nSPS) is 11.8. The molecule has 0 unspecified atom stereocenters. The predicted molar refractivity (Wildman–Crippen MR) is 119 cm³/mol. The Kier molecular flexibility index (Phi) is 7.87. The molecule has 0 saturated heterocycles. The number of hydrogen-bond acceptors (Lipinski definition) is 1. The number of quaternary nitrogens is 1. The van der Waals surface area contributed by atoms with E-state index >= 15 is 0 Å². The standard InChI is InChI=1S/C25H35N2/c1-5-19-27(20-6-2,21-13-18-26-24-16-11-8-12-17-24)22-25(3,4)23-14-9-7-10-15-23/h5-12,14-17,26H,1-2,13,18-22H2,3-4H3/q+1. The molecule has 144 valence electrons. The van der Waals surface area contributed by atoms with E-state index in [1.165, 1.54) is 11.3 Å². The van der Waals surface area contributed by atoms with Crippen LogP contribution in [0, 0.1) is 0 Å². The molecule has 1 N–H and O–H groups in total. The minimum absolute atomic E-state index is 0.0974. The Morgan fingerprint density at radius 2 is 1.44 bits per heavy atom. The number of rotatable bonds is 12. The van der Waals surface area contributed by atoms with E-state index in [9.17, 15) is 0 Å². The number of nitrogens with one attached hydrogen (secondary N) is 1. The van der Waals surface area contributed by atoms with Crippen molar-refractivity contribution in [2.45, 2.75) is 25.7 Å². The highest BCUT2D eigenvalue weighted by molar-refractivity contribution is 5.42. The van der Waals surface area contributed by atoms with Crippen molar-refractivity contribution in [1.29, 1.82) is 0 Å². The second-order valence-electron chi connectivity index (χ2n) is 8.06. The highest BCUT2D eigenvalue weighted by atomic mass is 15.3. The summed E-state index contributed by atoms with van der Waals surface area (Å²) in [6.07, 6.45) is 5.24. The summed E-state index contributed by atoms with van der Waals surface area (Å²) in [4.78, 5) is 0. The average Bonchev–Trinajstić information content (AvgIpc) is 2.67. The minimum atomic E-state index is 0.0974. The van der Waals surface area contributed by atoms with Crippen LogP contribution in [0.1, 0.15) is 25.8 Å². The van der Waals surface area contributed by atoms with Gasteiger partial charge in [-0.05, 0) is 29.8 Å². The van der Waals surface area contributed by atoms with Crippen LogP contribution in [0.2, 0.25) is 0 Å². The average molecular weight is 364 g/mol. The molecule has 0 radical (unpaired) electrons. The molecule has 2 rings (SSSR count). The van der Waals surface area contributed by atoms with Crippen molar-refractivity contribution in [2.75, 3.05) is 38.0 Å². The van der Waals surface area contributed by atoms with Gasteiger partial charge in [0.1, 0.15) is 0 Å². The molecule has 0 aliphatic heterocycles. The van der Waals surface area contributed by atoms with E-state index in [0.717, 1.165) is 43.6 Å². The van der Waals surface area contributed by atoms with Crippen LogP contribution in [0.5, 0.6) is 0 Å². The van der Waals surface area contributed by atoms with Gasteiger partial charge >= 0.3 is 0 Å². The molecule has 0 aliphatic rings. The van der Waals surface area contributed by atoms with Crippen molar-refractivity contribution in [2.24, 2.45) is 0 Å². The van der Waals surface area contributed by atoms with Crippen LogP contribution >= 0.6 is 0 Å². The van der Waals surface area contributed by atoms with Gasteiger partial charge in [0.2, 0.25) is 0 Å². The molecular weight excluding hydrogens is 328 g/mol. The molecule has 0 aromatic heterocycles. The second kappa shape index (κ2) is 10.1. The third-order valence-electron chi connectivity index (χ3n) is 5.23. The highest BCUT2D eigenvalue weighted by Gasteiger charge is 2.34. The largest absolute Gasteiger partial charge is 0.385 e. The lowest BCUT2D eigenvalue weighted by atomic mass is 9.83. The summed E-state index contributed by atoms with van der Waals surface area (Å²) in [6, 6.07) is 21.3. The zero-order chi connectivity index (χ0) is 19.6. The van der Waals surface area contributed by atoms with Crippen molar-refractivity contribution >= 4 is 5.69 Å². The fourth-order valence-electron chi connectivity index (χ4n) is 4.04. The summed E-state index contributed by atoms with van der Waals surface area (Å²) in [7, 11) is 0. The number of anilines is 1. The quantitative estimate of drug-likeness (QED) is 0.292. The number of nitrogens with zero attached hydrogens (tertiary/aromatic N) is 1. The summed E-state index contributed by atoms with van der Waals surface area (Å²) >= 11 is 0. The highest BCUT2D eigenvalue weighted by Crippen LogP contribution is 2.28. The van der Waals surface area contributed by atoms with Gasteiger partial charge in [-0.2, -0.15) is 0 Å². The van der Waals surface area contributed by atoms with Crippen LogP contribution in [-0.2, 0) is 5.41 Å². The lowest BCUT2D eigenvalue weighted by Gasteiger charge is -2.43. The Morgan fingerprint density at radius 3 is 2.00 bits per heavy atom. The molecule has 0 bridgehead atoms. The van der Waals surface area contributed by atoms with Gasteiger partial charge in [0.15, 0.2) is 0 Å². The molecule has 0 saturated carbocycles. The molecule has 0 atom stereocenters. The molecule has 0 aliphatic carbocycles. The van der Waals surface area contributed by atoms with Gasteiger partial charge in [0.05, 0.1) is 26.2 Å². The predicted octanol–water partition coefficient (Wildman–Crippen LogP) is 5.66. The maximum atomic E-state index is 4.04. The lowest BCUT2D eigenvalue weighted by Crippen LogP contribution is -2.55. The summed E-state index contributed by atoms with van der Waals surface area (Å²) in [6.45, 7) is 17.9. The van der Waals surface area contributed by atoms with Gasteiger partial charge in [0.25, 0.3) is 0 Å². The fourth-order valence-corrected chi connectivity index (χ4v) is 4.04. The molecule has 2 heteroatoms. The smallest absolute Gasteiger partial charge is 0.0973 e. The molecule has 2 aromatic carbocycles. The van der Waals surface area contributed by atoms with Crippen LogP contribution in [0.25, 0.3) is 0 Å². The van der Waals surface area contributed by atoms with E-state index in [0.29, 0.717) is 0 Å². The Morgan fingerprint density at radius 1 is 0.889 bits per heavy atom. The summed E-state index contributed by atoms with van der Waals surface area (Å²) in [5, 5.41) is 3.53. The minimum Gasteiger partial charge on any atom is -0.385 e. The molecule has 2 nitrogen and oxygen atoms in total. The first-order valence-corrected chi connectivity index (χ1v) is 9.93. The molecule has 2 aromatic rings. The first-order valence-electron chi connectivity index (χ1n) is 9.93. The summed E-state index contributed by atoms with van der Waals surface area (Å²) < 4.78 is 0.991. The molecular formula is C25H35N2+. The van der Waals surface area contributed by atoms with Crippen LogP contribution in [0.4, 0.5) is 5.69 Å². The van der Waals surface area contributed by atoms with Gasteiger partial charge in [-0.15, -0.1) is 0 Å². The Hall–Kier alpha value is -2.32. The molecule has 0 fully saturated rings. The van der Waals surface area contributed by atoms with E-state index in [2.05, 4.69) is 99.1 Å². The van der Waals surface area contributed by atoms with Crippen molar-refractivity contribution < 1.29 is 4.48 Å². The van der Waals surface area contributed by atoms with Gasteiger partial charge in [-0.3, -0.25) is 0 Å². The topological polar surface area (TPSA) is 12.0 Å². The van der Waals surface area contributed by atoms with E-state index < -0.39 is 0 Å². The van der Waals surface area contributed by atoms with E-state index in [-0.39, 0.29) is 5.41 Å². The van der Waals surface area contributed by atoms with Gasteiger partial charge in [-0.25, -0.2) is 0 Å². The summed E-state index contributed by atoms with van der Waals surface area (Å²) in [5.74, 6) is 0. The van der Waals surface area contributed by atoms with E-state index in [1.807, 2.05) is 6.07 Å². The number of benzene rings is 2.